The van der Waals surface area contributed by atoms with E-state index in [4.69, 9.17) is 0 Å². The zero-order valence-corrected chi connectivity index (χ0v) is 25.3. The van der Waals surface area contributed by atoms with E-state index in [0.717, 1.165) is 28.8 Å². The fourth-order valence-corrected chi connectivity index (χ4v) is 6.85. The van der Waals surface area contributed by atoms with Gasteiger partial charge in [-0.25, -0.2) is 0 Å². The van der Waals surface area contributed by atoms with Crippen molar-refractivity contribution in [3.8, 4) is 33.4 Å². The largest absolute Gasteiger partial charge is 0.257 e. The van der Waals surface area contributed by atoms with Crippen LogP contribution < -0.4 is 0 Å². The van der Waals surface area contributed by atoms with E-state index in [1.54, 1.807) is 6.20 Å². The van der Waals surface area contributed by atoms with E-state index in [0.29, 0.717) is 5.92 Å². The highest BCUT2D eigenvalue weighted by atomic mass is 14.7. The number of aliphatic imine (C=N–C) groups is 1. The van der Waals surface area contributed by atoms with Crippen LogP contribution in [0.2, 0.25) is 0 Å². The molecule has 0 bridgehead atoms. The van der Waals surface area contributed by atoms with Gasteiger partial charge in [0.15, 0.2) is 0 Å². The Balaban J connectivity index is 1.43. The lowest BCUT2D eigenvalue weighted by atomic mass is 9.76. The third-order valence-corrected chi connectivity index (χ3v) is 8.85. The SMILES string of the molecule is C=CN=C(C(=C)C)c1cccc(-c2ccc3ccc(-c4c5c(c(-c6ccccc6)c6ccccc46)C=CCC5C)cc3c2)c1. The van der Waals surface area contributed by atoms with Gasteiger partial charge in [-0.2, -0.15) is 0 Å². The molecule has 0 aromatic heterocycles. The van der Waals surface area contributed by atoms with E-state index in [9.17, 15) is 0 Å². The zero-order valence-electron chi connectivity index (χ0n) is 25.3. The summed E-state index contributed by atoms with van der Waals surface area (Å²) < 4.78 is 0. The van der Waals surface area contributed by atoms with Gasteiger partial charge in [0, 0.05) is 11.8 Å². The van der Waals surface area contributed by atoms with Crippen LogP contribution in [0.4, 0.5) is 0 Å². The molecule has 44 heavy (non-hydrogen) atoms. The average Bonchev–Trinajstić information content (AvgIpc) is 3.06. The van der Waals surface area contributed by atoms with E-state index in [2.05, 4.69) is 152 Å². The van der Waals surface area contributed by atoms with Crippen molar-refractivity contribution in [2.24, 2.45) is 4.99 Å². The van der Waals surface area contributed by atoms with Crippen molar-refractivity contribution in [1.82, 2.24) is 0 Å². The topological polar surface area (TPSA) is 12.4 Å². The summed E-state index contributed by atoms with van der Waals surface area (Å²) in [7, 11) is 0. The Bertz CT molecular complexity index is 2140. The van der Waals surface area contributed by atoms with Crippen LogP contribution >= 0.6 is 0 Å². The molecule has 1 aliphatic rings. The maximum absolute atomic E-state index is 4.49. The first-order chi connectivity index (χ1) is 21.5. The van der Waals surface area contributed by atoms with Gasteiger partial charge >= 0.3 is 0 Å². The molecule has 212 valence electrons. The highest BCUT2D eigenvalue weighted by molar-refractivity contribution is 6.13. The molecule has 0 N–H and O–H groups in total. The first-order valence-corrected chi connectivity index (χ1v) is 15.3. The fourth-order valence-electron chi connectivity index (χ4n) is 6.85. The smallest absolute Gasteiger partial charge is 0.0725 e. The van der Waals surface area contributed by atoms with E-state index in [-0.39, 0.29) is 0 Å². The monoisotopic (exact) mass is 565 g/mol. The molecule has 0 radical (unpaired) electrons. The van der Waals surface area contributed by atoms with Crippen molar-refractivity contribution in [3.05, 3.63) is 163 Å². The summed E-state index contributed by atoms with van der Waals surface area (Å²) in [6, 6.07) is 42.1. The predicted molar refractivity (Wildman–Crippen MR) is 191 cm³/mol. The van der Waals surface area contributed by atoms with Gasteiger partial charge in [0.05, 0.1) is 5.71 Å². The normalized spacial score (nSPS) is 14.5. The molecule has 1 unspecified atom stereocenters. The number of nitrogens with zero attached hydrogens (tertiary/aromatic N) is 1. The Morgan fingerprint density at radius 2 is 1.36 bits per heavy atom. The minimum absolute atomic E-state index is 0.418. The van der Waals surface area contributed by atoms with Crippen molar-refractivity contribution in [2.45, 2.75) is 26.2 Å². The highest BCUT2D eigenvalue weighted by Gasteiger charge is 2.25. The molecule has 1 aliphatic carbocycles. The maximum atomic E-state index is 4.49. The van der Waals surface area contributed by atoms with E-state index < -0.39 is 0 Å². The standard InChI is InChI=1S/C43H35N/c1-5-44-43(28(2)3)35-17-12-16-32(25-35)33-23-21-30-22-24-34(27-36(30)26-33)42-38-19-10-9-18-37(38)41(31-14-7-6-8-15-31)39-20-11-13-29(4)40(39)42/h5-12,14-27,29H,1-2,13H2,3-4H3. The molecule has 0 saturated heterocycles. The number of benzene rings is 6. The summed E-state index contributed by atoms with van der Waals surface area (Å²) in [5, 5.41) is 5.07. The molecule has 1 atom stereocenters. The Morgan fingerprint density at radius 1 is 0.705 bits per heavy atom. The summed E-state index contributed by atoms with van der Waals surface area (Å²) in [6.45, 7) is 12.3. The Labute approximate surface area is 260 Å². The molecular formula is C43H35N. The van der Waals surface area contributed by atoms with Crippen LogP contribution in [0.25, 0.3) is 61.0 Å². The zero-order chi connectivity index (χ0) is 30.2. The van der Waals surface area contributed by atoms with E-state index in [1.807, 2.05) is 6.92 Å². The summed E-state index contributed by atoms with van der Waals surface area (Å²) in [4.78, 5) is 4.49. The molecular weight excluding hydrogens is 530 g/mol. The quantitative estimate of drug-likeness (QED) is 0.178. The Morgan fingerprint density at radius 3 is 2.11 bits per heavy atom. The first-order valence-electron chi connectivity index (χ1n) is 15.3. The second kappa shape index (κ2) is 11.4. The van der Waals surface area contributed by atoms with Crippen LogP contribution in [0.3, 0.4) is 0 Å². The number of hydrogen-bond acceptors (Lipinski definition) is 1. The van der Waals surface area contributed by atoms with Crippen molar-refractivity contribution in [3.63, 3.8) is 0 Å². The van der Waals surface area contributed by atoms with Crippen molar-refractivity contribution in [1.29, 1.82) is 0 Å². The second-order valence-electron chi connectivity index (χ2n) is 11.8. The van der Waals surface area contributed by atoms with Crippen LogP contribution in [0, 0.1) is 0 Å². The highest BCUT2D eigenvalue weighted by Crippen LogP contribution is 2.48. The van der Waals surface area contributed by atoms with Crippen LogP contribution in [0.15, 0.2) is 151 Å². The van der Waals surface area contributed by atoms with Gasteiger partial charge in [-0.15, -0.1) is 0 Å². The van der Waals surface area contributed by atoms with E-state index in [1.165, 1.54) is 60.5 Å². The van der Waals surface area contributed by atoms with Crippen LogP contribution in [0.5, 0.6) is 0 Å². The molecule has 0 fully saturated rings. The number of rotatable bonds is 6. The van der Waals surface area contributed by atoms with Gasteiger partial charge in [-0.05, 0) is 109 Å². The van der Waals surface area contributed by atoms with E-state index >= 15 is 0 Å². The molecule has 0 amide bonds. The van der Waals surface area contributed by atoms with Crippen molar-refractivity contribution in [2.75, 3.05) is 0 Å². The third kappa shape index (κ3) is 4.81. The molecule has 6 aromatic rings. The summed E-state index contributed by atoms with van der Waals surface area (Å²) in [5.74, 6) is 0.418. The van der Waals surface area contributed by atoms with Crippen molar-refractivity contribution >= 4 is 33.3 Å². The molecule has 1 heteroatoms. The van der Waals surface area contributed by atoms with Crippen LogP contribution in [0.1, 0.15) is 42.9 Å². The van der Waals surface area contributed by atoms with Gasteiger partial charge < -0.3 is 0 Å². The Kier molecular flexibility index (Phi) is 7.16. The van der Waals surface area contributed by atoms with Gasteiger partial charge in [0.1, 0.15) is 0 Å². The predicted octanol–water partition coefficient (Wildman–Crippen LogP) is 12.0. The fraction of sp³-hybridized carbons (Fsp3) is 0.0930. The molecule has 6 aromatic carbocycles. The lowest BCUT2D eigenvalue weighted by molar-refractivity contribution is 0.775. The van der Waals surface area contributed by atoms with Gasteiger partial charge in [-0.3, -0.25) is 4.99 Å². The number of hydrogen-bond donors (Lipinski definition) is 0. The molecule has 7 rings (SSSR count). The maximum Gasteiger partial charge on any atom is 0.0725 e. The molecule has 0 aliphatic heterocycles. The lowest BCUT2D eigenvalue weighted by Gasteiger charge is -2.27. The molecule has 0 heterocycles. The molecule has 1 nitrogen and oxygen atoms in total. The number of allylic oxidation sites excluding steroid dienone is 2. The van der Waals surface area contributed by atoms with Crippen LogP contribution in [-0.2, 0) is 0 Å². The Hall–Kier alpha value is -5.27. The third-order valence-electron chi connectivity index (χ3n) is 8.85. The number of fused-ring (bicyclic) bond motifs is 3. The van der Waals surface area contributed by atoms with Crippen molar-refractivity contribution < 1.29 is 0 Å². The lowest BCUT2D eigenvalue weighted by Crippen LogP contribution is -2.06. The summed E-state index contributed by atoms with van der Waals surface area (Å²) in [5.41, 5.74) is 13.2. The second-order valence-corrected chi connectivity index (χ2v) is 11.8. The first kappa shape index (κ1) is 27.6. The van der Waals surface area contributed by atoms with Gasteiger partial charge in [-0.1, -0.05) is 129 Å². The van der Waals surface area contributed by atoms with Gasteiger partial charge in [0.25, 0.3) is 0 Å². The van der Waals surface area contributed by atoms with Crippen LogP contribution in [-0.4, -0.2) is 5.71 Å². The average molecular weight is 566 g/mol. The molecule has 0 spiro atoms. The minimum atomic E-state index is 0.418. The van der Waals surface area contributed by atoms with Gasteiger partial charge in [0.2, 0.25) is 0 Å². The summed E-state index contributed by atoms with van der Waals surface area (Å²) in [6.07, 6.45) is 7.33. The summed E-state index contributed by atoms with van der Waals surface area (Å²) >= 11 is 0. The molecule has 0 saturated carbocycles. The minimum Gasteiger partial charge on any atom is -0.257 e.